The fourth-order valence-corrected chi connectivity index (χ4v) is 5.75. The number of amides is 1. The summed E-state index contributed by atoms with van der Waals surface area (Å²) in [7, 11) is 0. The van der Waals surface area contributed by atoms with E-state index in [-0.39, 0.29) is 36.1 Å². The van der Waals surface area contributed by atoms with E-state index in [4.69, 9.17) is 5.73 Å². The number of fused-ring (bicyclic) bond motifs is 3. The Labute approximate surface area is 201 Å². The molecule has 1 aromatic heterocycles. The highest BCUT2D eigenvalue weighted by molar-refractivity contribution is 9.10. The number of aromatic hydroxyl groups is 1. The highest BCUT2D eigenvalue weighted by atomic mass is 79.9. The molecule has 0 spiro atoms. The molecule has 3 unspecified atom stereocenters. The normalized spacial score (nSPS) is 26.2. The zero-order valence-corrected chi connectivity index (χ0v) is 19.2. The predicted octanol–water partition coefficient (Wildman–Crippen LogP) is 2.25. The van der Waals surface area contributed by atoms with Crippen LogP contribution < -0.4 is 5.73 Å². The molecule has 1 fully saturated rings. The molecule has 174 valence electrons. The number of nitrogens with zero attached hydrogens (tertiary/aromatic N) is 1. The van der Waals surface area contributed by atoms with E-state index in [2.05, 4.69) is 20.9 Å². The SMILES string of the molecule is NC(=O)C1=C(O)C2(O)C(=O)C3=C(O)c4c(O)ccc(-c5cc(Br)ccn5)c4CC3CC2CC1=O. The summed E-state index contributed by atoms with van der Waals surface area (Å²) in [6.45, 7) is 0. The van der Waals surface area contributed by atoms with Crippen molar-refractivity contribution in [2.45, 2.75) is 24.9 Å². The molecule has 3 aliphatic rings. The lowest BCUT2D eigenvalue weighted by Gasteiger charge is -2.46. The maximum Gasteiger partial charge on any atom is 0.255 e. The van der Waals surface area contributed by atoms with E-state index >= 15 is 0 Å². The Hall–Kier alpha value is -3.50. The van der Waals surface area contributed by atoms with Gasteiger partial charge in [0.05, 0.1) is 11.3 Å². The number of carbonyl (C=O) groups excluding carboxylic acids is 3. The average Bonchev–Trinajstić information content (AvgIpc) is 2.76. The van der Waals surface area contributed by atoms with Crippen LogP contribution in [-0.2, 0) is 20.8 Å². The van der Waals surface area contributed by atoms with Gasteiger partial charge in [0, 0.05) is 34.1 Å². The number of Topliss-reactive ketones (excluding diaryl/α,β-unsaturated/α-hetero) is 2. The van der Waals surface area contributed by atoms with Gasteiger partial charge in [0.2, 0.25) is 5.78 Å². The molecule has 0 saturated heterocycles. The number of phenols is 1. The van der Waals surface area contributed by atoms with Gasteiger partial charge in [0.15, 0.2) is 11.4 Å². The molecule has 1 heterocycles. The third-order valence-corrected chi connectivity index (χ3v) is 7.44. The summed E-state index contributed by atoms with van der Waals surface area (Å²) in [4.78, 5) is 42.0. The minimum Gasteiger partial charge on any atom is -0.508 e. The van der Waals surface area contributed by atoms with Gasteiger partial charge in [-0.15, -0.1) is 0 Å². The quantitative estimate of drug-likeness (QED) is 0.370. The molecule has 9 nitrogen and oxygen atoms in total. The second kappa shape index (κ2) is 7.51. The third-order valence-electron chi connectivity index (χ3n) is 6.95. The van der Waals surface area contributed by atoms with Crippen molar-refractivity contribution in [1.29, 1.82) is 0 Å². The highest BCUT2D eigenvalue weighted by Gasteiger charge is 2.60. The number of rotatable bonds is 2. The molecular weight excluding hydrogens is 508 g/mol. The summed E-state index contributed by atoms with van der Waals surface area (Å²) >= 11 is 3.40. The van der Waals surface area contributed by atoms with E-state index < -0.39 is 52.0 Å². The Bertz CT molecular complexity index is 1380. The topological polar surface area (TPSA) is 171 Å². The van der Waals surface area contributed by atoms with Crippen molar-refractivity contribution in [1.82, 2.24) is 4.98 Å². The smallest absolute Gasteiger partial charge is 0.255 e. The van der Waals surface area contributed by atoms with Gasteiger partial charge in [-0.2, -0.15) is 0 Å². The molecule has 3 aliphatic carbocycles. The van der Waals surface area contributed by atoms with E-state index in [0.29, 0.717) is 16.8 Å². The van der Waals surface area contributed by atoms with Crippen LogP contribution in [0.5, 0.6) is 5.75 Å². The molecule has 34 heavy (non-hydrogen) atoms. The Morgan fingerprint density at radius 3 is 2.56 bits per heavy atom. The molecule has 1 saturated carbocycles. The van der Waals surface area contributed by atoms with Crippen molar-refractivity contribution in [2.24, 2.45) is 17.6 Å². The Morgan fingerprint density at radius 2 is 1.88 bits per heavy atom. The van der Waals surface area contributed by atoms with Gasteiger partial charge in [0.25, 0.3) is 5.91 Å². The maximum atomic E-state index is 13.5. The Balaban J connectivity index is 1.71. The first kappa shape index (κ1) is 22.3. The number of hydrogen-bond acceptors (Lipinski definition) is 8. The van der Waals surface area contributed by atoms with Crippen molar-refractivity contribution < 1.29 is 34.8 Å². The van der Waals surface area contributed by atoms with E-state index in [1.165, 1.54) is 6.07 Å². The predicted molar refractivity (Wildman–Crippen MR) is 122 cm³/mol. The molecule has 6 N–H and O–H groups in total. The number of aliphatic hydroxyl groups excluding tert-OH is 2. The number of primary amides is 1. The molecule has 0 radical (unpaired) electrons. The molecule has 5 rings (SSSR count). The summed E-state index contributed by atoms with van der Waals surface area (Å²) in [6, 6.07) is 6.58. The van der Waals surface area contributed by atoms with Gasteiger partial charge in [-0.05, 0) is 48.6 Å². The first-order valence-electron chi connectivity index (χ1n) is 10.5. The van der Waals surface area contributed by atoms with Crippen LogP contribution in [0.2, 0.25) is 0 Å². The second-order valence-electron chi connectivity index (χ2n) is 8.75. The molecular formula is C24H19BrN2O7. The number of hydrogen-bond donors (Lipinski definition) is 5. The van der Waals surface area contributed by atoms with Gasteiger partial charge >= 0.3 is 0 Å². The maximum absolute atomic E-state index is 13.5. The molecule has 2 aromatic rings. The van der Waals surface area contributed by atoms with Gasteiger partial charge in [-0.25, -0.2) is 0 Å². The zero-order chi connectivity index (χ0) is 24.5. The first-order valence-corrected chi connectivity index (χ1v) is 11.3. The van der Waals surface area contributed by atoms with Crippen LogP contribution in [0.25, 0.3) is 17.0 Å². The first-order chi connectivity index (χ1) is 16.1. The second-order valence-corrected chi connectivity index (χ2v) is 9.67. The number of carbonyl (C=O) groups is 3. The van der Waals surface area contributed by atoms with Crippen LogP contribution in [-0.4, -0.2) is 48.5 Å². The number of pyridine rings is 1. The standard InChI is InChI=1S/C24H19BrN2O7/c25-11-3-4-27-14(8-11)12-1-2-15(28)18-13(12)6-9-5-10-7-16(29)19(23(26)33)22(32)24(10,34)21(31)17(9)20(18)30/h1-4,8-10,28,30,32,34H,5-7H2,(H2,26,33). The number of halogens is 1. The minimum absolute atomic E-state index is 0.0337. The monoisotopic (exact) mass is 526 g/mol. The number of aliphatic hydroxyl groups is 3. The molecule has 10 heteroatoms. The highest BCUT2D eigenvalue weighted by Crippen LogP contribution is 2.52. The molecule has 1 aromatic carbocycles. The van der Waals surface area contributed by atoms with Crippen LogP contribution in [0.15, 0.2) is 51.8 Å². The lowest BCUT2D eigenvalue weighted by molar-refractivity contribution is -0.147. The summed E-state index contributed by atoms with van der Waals surface area (Å²) in [5.74, 6) is -6.52. The summed E-state index contributed by atoms with van der Waals surface area (Å²) in [5, 5.41) is 43.6. The van der Waals surface area contributed by atoms with E-state index in [0.717, 1.165) is 4.47 Å². The average molecular weight is 527 g/mol. The van der Waals surface area contributed by atoms with Gasteiger partial charge in [-0.1, -0.05) is 15.9 Å². The van der Waals surface area contributed by atoms with Gasteiger partial charge in [-0.3, -0.25) is 19.4 Å². The van der Waals surface area contributed by atoms with E-state index in [9.17, 15) is 34.8 Å². The number of aromatic nitrogens is 1. The van der Waals surface area contributed by atoms with Gasteiger partial charge in [0.1, 0.15) is 22.8 Å². The lowest BCUT2D eigenvalue weighted by atomic mass is 9.59. The van der Waals surface area contributed by atoms with Crippen LogP contribution >= 0.6 is 15.9 Å². The summed E-state index contributed by atoms with van der Waals surface area (Å²) in [6.07, 6.45) is 1.53. The van der Waals surface area contributed by atoms with Crippen molar-refractivity contribution in [2.75, 3.05) is 0 Å². The number of phenolic OH excluding ortho intramolecular Hbond substituents is 1. The molecule has 3 atom stereocenters. The van der Waals surface area contributed by atoms with Crippen LogP contribution in [0, 0.1) is 11.8 Å². The largest absolute Gasteiger partial charge is 0.508 e. The Morgan fingerprint density at radius 1 is 1.15 bits per heavy atom. The van der Waals surface area contributed by atoms with Crippen molar-refractivity contribution in [3.63, 3.8) is 0 Å². The number of benzene rings is 1. The number of ketones is 2. The van der Waals surface area contributed by atoms with Crippen molar-refractivity contribution in [3.8, 4) is 17.0 Å². The van der Waals surface area contributed by atoms with Crippen molar-refractivity contribution in [3.05, 3.63) is 63.0 Å². The Kier molecular flexibility index (Phi) is 4.92. The fourth-order valence-electron chi connectivity index (χ4n) is 5.41. The summed E-state index contributed by atoms with van der Waals surface area (Å²) < 4.78 is 0.779. The number of nitrogens with two attached hydrogens (primary N) is 1. The van der Waals surface area contributed by atoms with Crippen molar-refractivity contribution >= 4 is 39.2 Å². The van der Waals surface area contributed by atoms with Gasteiger partial charge < -0.3 is 26.2 Å². The van der Waals surface area contributed by atoms with E-state index in [1.807, 2.05) is 0 Å². The third kappa shape index (κ3) is 2.95. The lowest BCUT2D eigenvalue weighted by Crippen LogP contribution is -2.58. The van der Waals surface area contributed by atoms with Crippen LogP contribution in [0.1, 0.15) is 24.0 Å². The molecule has 0 aliphatic heterocycles. The molecule has 1 amide bonds. The molecule has 0 bridgehead atoms. The van der Waals surface area contributed by atoms with E-state index in [1.54, 1.807) is 24.4 Å². The minimum atomic E-state index is -2.57. The zero-order valence-electron chi connectivity index (χ0n) is 17.6. The van der Waals surface area contributed by atoms with Crippen LogP contribution in [0.3, 0.4) is 0 Å². The van der Waals surface area contributed by atoms with Crippen LogP contribution in [0.4, 0.5) is 0 Å². The summed E-state index contributed by atoms with van der Waals surface area (Å²) in [5.41, 5.74) is 3.46. The fraction of sp³-hybridized carbons (Fsp3) is 0.250.